The molecule has 156 valence electrons. The van der Waals surface area contributed by atoms with E-state index in [-0.39, 0.29) is 6.61 Å². The van der Waals surface area contributed by atoms with Crippen LogP contribution in [0.2, 0.25) is 0 Å². The molecule has 0 radical (unpaired) electrons. The summed E-state index contributed by atoms with van der Waals surface area (Å²) in [6, 6.07) is 7.64. The molecule has 3 rings (SSSR count). The molecule has 8 heteroatoms. The summed E-state index contributed by atoms with van der Waals surface area (Å²) in [5.41, 5.74) is 4.54. The van der Waals surface area contributed by atoms with Crippen LogP contribution >= 0.6 is 0 Å². The van der Waals surface area contributed by atoms with E-state index >= 15 is 0 Å². The molecule has 0 aliphatic heterocycles. The molecule has 0 saturated carbocycles. The third-order valence-electron chi connectivity index (χ3n) is 4.58. The molecule has 3 heterocycles. The summed E-state index contributed by atoms with van der Waals surface area (Å²) in [7, 11) is 0. The maximum Gasteiger partial charge on any atom is 0.154 e. The van der Waals surface area contributed by atoms with Crippen LogP contribution < -0.4 is 10.6 Å². The van der Waals surface area contributed by atoms with Crippen LogP contribution in [-0.4, -0.2) is 44.1 Å². The van der Waals surface area contributed by atoms with Crippen molar-refractivity contribution in [2.24, 2.45) is 0 Å². The number of allylic oxidation sites excluding steroid dienone is 1. The quantitative estimate of drug-likeness (QED) is 0.317. The number of aromatic nitrogens is 4. The van der Waals surface area contributed by atoms with Crippen molar-refractivity contribution in [1.29, 1.82) is 5.41 Å². The fourth-order valence-corrected chi connectivity index (χ4v) is 2.88. The first kappa shape index (κ1) is 21.3. The van der Waals surface area contributed by atoms with Gasteiger partial charge in [-0.2, -0.15) is 5.10 Å². The zero-order valence-electron chi connectivity index (χ0n) is 17.5. The van der Waals surface area contributed by atoms with Gasteiger partial charge in [-0.1, -0.05) is 13.8 Å². The second kappa shape index (κ2) is 9.89. The van der Waals surface area contributed by atoms with Gasteiger partial charge in [0, 0.05) is 42.4 Å². The van der Waals surface area contributed by atoms with Gasteiger partial charge in [-0.3, -0.25) is 4.98 Å². The molecule has 3 aromatic heterocycles. The van der Waals surface area contributed by atoms with Crippen molar-refractivity contribution in [2.45, 2.75) is 33.1 Å². The highest BCUT2D eigenvalue weighted by Crippen LogP contribution is 2.22. The topological polar surface area (TPSA) is 120 Å². The number of aliphatic hydroxyl groups is 1. The van der Waals surface area contributed by atoms with E-state index in [1.807, 2.05) is 24.3 Å². The summed E-state index contributed by atoms with van der Waals surface area (Å²) in [5.74, 6) is 1.65. The van der Waals surface area contributed by atoms with Gasteiger partial charge < -0.3 is 21.1 Å². The number of hydrogen-bond acceptors (Lipinski definition) is 8. The molecule has 0 fully saturated rings. The van der Waals surface area contributed by atoms with Gasteiger partial charge >= 0.3 is 0 Å². The van der Waals surface area contributed by atoms with Gasteiger partial charge in [-0.05, 0) is 49.1 Å². The summed E-state index contributed by atoms with van der Waals surface area (Å²) in [4.78, 5) is 9.16. The Labute approximate surface area is 176 Å². The predicted octanol–water partition coefficient (Wildman–Crippen LogP) is 3.64. The van der Waals surface area contributed by atoms with Crippen LogP contribution in [0.4, 0.5) is 11.6 Å². The fraction of sp³-hybridized carbons (Fsp3) is 0.318. The summed E-state index contributed by atoms with van der Waals surface area (Å²) >= 11 is 0. The second-order valence-corrected chi connectivity index (χ2v) is 7.33. The third kappa shape index (κ3) is 5.36. The zero-order chi connectivity index (χ0) is 21.5. The molecular formula is C22H27N7O. The minimum Gasteiger partial charge on any atom is -0.396 e. The van der Waals surface area contributed by atoms with E-state index in [1.165, 1.54) is 0 Å². The minimum absolute atomic E-state index is 0.126. The molecule has 0 aliphatic rings. The number of aliphatic hydroxyl groups excluding tert-OH is 1. The van der Waals surface area contributed by atoms with Crippen molar-refractivity contribution in [3.8, 4) is 0 Å². The number of pyridine rings is 2. The minimum atomic E-state index is 0.126. The monoisotopic (exact) mass is 405 g/mol. The lowest BCUT2D eigenvalue weighted by Crippen LogP contribution is -2.11. The molecule has 0 aliphatic carbocycles. The number of nitrogens with one attached hydrogen (secondary N) is 3. The SMILES string of the molecule is CC(=N)/C(=C\NCCCO)c1cnc2ccc(Nc3cc(C(C)C)cnn3)nc2c1. The highest BCUT2D eigenvalue weighted by molar-refractivity contribution is 6.21. The molecule has 0 atom stereocenters. The van der Waals surface area contributed by atoms with Gasteiger partial charge in [-0.25, -0.2) is 4.98 Å². The van der Waals surface area contributed by atoms with Crippen LogP contribution in [0.15, 0.2) is 42.9 Å². The number of fused-ring (bicyclic) bond motifs is 1. The van der Waals surface area contributed by atoms with Gasteiger partial charge in [0.1, 0.15) is 5.82 Å². The molecule has 0 spiro atoms. The van der Waals surface area contributed by atoms with Gasteiger partial charge in [0.2, 0.25) is 0 Å². The molecule has 4 N–H and O–H groups in total. The molecular weight excluding hydrogens is 378 g/mol. The van der Waals surface area contributed by atoms with Crippen molar-refractivity contribution < 1.29 is 5.11 Å². The molecule has 8 nitrogen and oxygen atoms in total. The first-order valence-corrected chi connectivity index (χ1v) is 9.94. The summed E-state index contributed by atoms with van der Waals surface area (Å²) in [6.45, 7) is 6.71. The third-order valence-corrected chi connectivity index (χ3v) is 4.58. The lowest BCUT2D eigenvalue weighted by atomic mass is 10.0. The van der Waals surface area contributed by atoms with Crippen molar-refractivity contribution in [1.82, 2.24) is 25.5 Å². The number of nitrogens with zero attached hydrogens (tertiary/aromatic N) is 4. The van der Waals surface area contributed by atoms with E-state index in [9.17, 15) is 0 Å². The standard InChI is InChI=1S/C22H27N7O/c1-14(2)16-10-22(29-26-12-16)28-21-6-5-19-20(27-21)9-17(11-25-19)18(15(3)23)13-24-7-4-8-30/h5-6,9-14,23-24,30H,4,7-8H2,1-3H3,(H,27,28,29)/b18-13+,23-15?. The summed E-state index contributed by atoms with van der Waals surface area (Å²) in [5, 5.41) is 31.5. The Morgan fingerprint density at radius 1 is 1.17 bits per heavy atom. The second-order valence-electron chi connectivity index (χ2n) is 7.33. The van der Waals surface area contributed by atoms with Crippen molar-refractivity contribution in [2.75, 3.05) is 18.5 Å². The van der Waals surface area contributed by atoms with Crippen LogP contribution in [0.5, 0.6) is 0 Å². The van der Waals surface area contributed by atoms with Crippen LogP contribution in [0.25, 0.3) is 16.6 Å². The van der Waals surface area contributed by atoms with Gasteiger partial charge in [0.25, 0.3) is 0 Å². The molecule has 0 bridgehead atoms. The van der Waals surface area contributed by atoms with Crippen molar-refractivity contribution in [3.05, 3.63) is 54.0 Å². The van der Waals surface area contributed by atoms with Crippen LogP contribution in [0.3, 0.4) is 0 Å². The summed E-state index contributed by atoms with van der Waals surface area (Å²) in [6.07, 6.45) is 5.94. The average Bonchev–Trinajstić information content (AvgIpc) is 2.73. The maximum atomic E-state index is 8.91. The number of hydrogen-bond donors (Lipinski definition) is 4. The molecule has 0 aromatic carbocycles. The Hall–Kier alpha value is -3.39. The number of rotatable bonds is 9. The van der Waals surface area contributed by atoms with E-state index in [0.29, 0.717) is 41.7 Å². The lowest BCUT2D eigenvalue weighted by Gasteiger charge is -2.10. The molecule has 0 saturated heterocycles. The molecule has 0 unspecified atom stereocenters. The predicted molar refractivity (Wildman–Crippen MR) is 120 cm³/mol. The normalized spacial score (nSPS) is 11.7. The Morgan fingerprint density at radius 2 is 2.00 bits per heavy atom. The van der Waals surface area contributed by atoms with Crippen LogP contribution in [0.1, 0.15) is 44.2 Å². The van der Waals surface area contributed by atoms with Crippen molar-refractivity contribution >= 4 is 34.0 Å². The molecule has 3 aromatic rings. The fourth-order valence-electron chi connectivity index (χ4n) is 2.88. The Kier molecular flexibility index (Phi) is 7.03. The van der Waals surface area contributed by atoms with Gasteiger partial charge in [0.05, 0.1) is 17.2 Å². The Balaban J connectivity index is 1.88. The van der Waals surface area contributed by atoms with Crippen LogP contribution in [0, 0.1) is 5.41 Å². The van der Waals surface area contributed by atoms with Crippen LogP contribution in [-0.2, 0) is 0 Å². The Morgan fingerprint density at radius 3 is 2.73 bits per heavy atom. The molecule has 0 amide bonds. The average molecular weight is 406 g/mol. The van der Waals surface area contributed by atoms with Gasteiger partial charge in [0.15, 0.2) is 5.82 Å². The smallest absolute Gasteiger partial charge is 0.154 e. The highest BCUT2D eigenvalue weighted by atomic mass is 16.3. The van der Waals surface area contributed by atoms with E-state index in [0.717, 1.165) is 22.2 Å². The van der Waals surface area contributed by atoms with Gasteiger partial charge in [-0.15, -0.1) is 5.10 Å². The van der Waals surface area contributed by atoms with E-state index in [4.69, 9.17) is 10.5 Å². The first-order valence-electron chi connectivity index (χ1n) is 9.94. The van der Waals surface area contributed by atoms with Crippen molar-refractivity contribution in [3.63, 3.8) is 0 Å². The number of anilines is 2. The summed E-state index contributed by atoms with van der Waals surface area (Å²) < 4.78 is 0. The first-order chi connectivity index (χ1) is 14.5. The highest BCUT2D eigenvalue weighted by Gasteiger charge is 2.09. The molecule has 30 heavy (non-hydrogen) atoms. The zero-order valence-corrected chi connectivity index (χ0v) is 17.5. The van der Waals surface area contributed by atoms with E-state index in [1.54, 1.807) is 25.5 Å². The van der Waals surface area contributed by atoms with E-state index < -0.39 is 0 Å². The van der Waals surface area contributed by atoms with E-state index in [2.05, 4.69) is 44.6 Å². The maximum absolute atomic E-state index is 8.91. The Bertz CT molecular complexity index is 1060. The largest absolute Gasteiger partial charge is 0.396 e. The lowest BCUT2D eigenvalue weighted by molar-refractivity contribution is 0.288.